The van der Waals surface area contributed by atoms with Gasteiger partial charge in [0.05, 0.1) is 0 Å². The fraction of sp³-hybridized carbons (Fsp3) is 0.120. The van der Waals surface area contributed by atoms with Crippen LogP contribution in [-0.4, -0.2) is 24.2 Å². The van der Waals surface area contributed by atoms with Crippen molar-refractivity contribution in [1.82, 2.24) is 9.97 Å². The van der Waals surface area contributed by atoms with Gasteiger partial charge in [-0.2, -0.15) is 0 Å². The van der Waals surface area contributed by atoms with E-state index < -0.39 is 12.8 Å². The Morgan fingerprint density at radius 3 is 1.81 bits per heavy atom. The predicted octanol–water partition coefficient (Wildman–Crippen LogP) is 7.08. The fourth-order valence-electron chi connectivity index (χ4n) is 4.71. The molecule has 0 atom stereocenters. The lowest BCUT2D eigenvalue weighted by Crippen LogP contribution is -2.30. The summed E-state index contributed by atoms with van der Waals surface area (Å²) in [6.07, 6.45) is 3.77. The van der Waals surface area contributed by atoms with Crippen LogP contribution in [0.4, 0.5) is 0 Å². The molecule has 0 fully saturated rings. The second-order valence-corrected chi connectivity index (χ2v) is 10.4. The number of hydrogen-bond acceptors (Lipinski definition) is 3. The molecule has 7 heteroatoms. The molecule has 0 saturated carbocycles. The van der Waals surface area contributed by atoms with Crippen LogP contribution in [0.15, 0.2) is 85.2 Å². The van der Waals surface area contributed by atoms with Crippen LogP contribution in [0, 0.1) is 0 Å². The molecular formula is C25H22ClN2O3P. The van der Waals surface area contributed by atoms with Gasteiger partial charge in [0.25, 0.3) is 0 Å². The second-order valence-electron chi connectivity index (χ2n) is 7.58. The Morgan fingerprint density at radius 1 is 0.781 bits per heavy atom. The number of aromatic amines is 2. The van der Waals surface area contributed by atoms with E-state index in [0.29, 0.717) is 10.6 Å². The molecule has 0 unspecified atom stereocenters. The van der Waals surface area contributed by atoms with E-state index in [1.807, 2.05) is 79.1 Å². The van der Waals surface area contributed by atoms with Crippen molar-refractivity contribution in [1.29, 1.82) is 0 Å². The number of aromatic nitrogens is 2. The van der Waals surface area contributed by atoms with Crippen LogP contribution in [0.5, 0.6) is 0 Å². The normalized spacial score (nSPS) is 12.6. The third-order valence-electron chi connectivity index (χ3n) is 6.09. The minimum absolute atomic E-state index is 0.533. The largest absolute Gasteiger partial charge is 0.361 e. The van der Waals surface area contributed by atoms with Gasteiger partial charge in [0.15, 0.2) is 5.16 Å². The van der Waals surface area contributed by atoms with Crippen LogP contribution in [-0.2, 0) is 18.8 Å². The molecule has 0 aliphatic carbocycles. The van der Waals surface area contributed by atoms with E-state index >= 15 is 0 Å². The molecule has 2 N–H and O–H groups in total. The lowest BCUT2D eigenvalue weighted by molar-refractivity contribution is 0.259. The van der Waals surface area contributed by atoms with Crippen molar-refractivity contribution in [2.45, 2.75) is 5.16 Å². The number of fused-ring (bicyclic) bond motifs is 2. The standard InChI is InChI=1S/C25H22ClN2O3P/c1-30-32(29,31-2)25(17-8-7-9-18(26)14-17,21-15-27-23-12-5-3-10-19(21)23)22-16-28-24-13-6-4-11-20(22)24/h3-16,27-28H,1-2H3. The van der Waals surface area contributed by atoms with Crippen LogP contribution in [0.25, 0.3) is 21.8 Å². The molecule has 2 heterocycles. The van der Waals surface area contributed by atoms with Gasteiger partial charge in [0.1, 0.15) is 0 Å². The Labute approximate surface area is 190 Å². The van der Waals surface area contributed by atoms with E-state index in [1.165, 1.54) is 14.2 Å². The van der Waals surface area contributed by atoms with Gasteiger partial charge >= 0.3 is 7.60 Å². The van der Waals surface area contributed by atoms with Crippen LogP contribution in [0.2, 0.25) is 5.02 Å². The number of para-hydroxylation sites is 2. The summed E-state index contributed by atoms with van der Waals surface area (Å²) in [5.41, 5.74) is 4.13. The number of nitrogens with one attached hydrogen (secondary N) is 2. The third-order valence-corrected chi connectivity index (χ3v) is 8.85. The molecule has 32 heavy (non-hydrogen) atoms. The first-order valence-electron chi connectivity index (χ1n) is 10.2. The summed E-state index contributed by atoms with van der Waals surface area (Å²) in [5.74, 6) is 0. The van der Waals surface area contributed by atoms with Gasteiger partial charge in [-0.3, -0.25) is 4.57 Å². The molecule has 0 bridgehead atoms. The van der Waals surface area contributed by atoms with Gasteiger partial charge < -0.3 is 19.0 Å². The minimum atomic E-state index is -3.85. The first-order chi connectivity index (χ1) is 15.5. The molecular weight excluding hydrogens is 443 g/mol. The average molecular weight is 465 g/mol. The van der Waals surface area contributed by atoms with Crippen LogP contribution in [0.3, 0.4) is 0 Å². The Balaban J connectivity index is 2.03. The van der Waals surface area contributed by atoms with Gasteiger partial charge in [-0.1, -0.05) is 60.1 Å². The molecule has 162 valence electrons. The van der Waals surface area contributed by atoms with Crippen molar-refractivity contribution >= 4 is 41.0 Å². The van der Waals surface area contributed by atoms with Crippen molar-refractivity contribution in [3.63, 3.8) is 0 Å². The highest BCUT2D eigenvalue weighted by atomic mass is 35.5. The number of halogens is 1. The Morgan fingerprint density at radius 2 is 1.31 bits per heavy atom. The third kappa shape index (κ3) is 2.90. The predicted molar refractivity (Wildman–Crippen MR) is 130 cm³/mol. The first kappa shape index (κ1) is 21.0. The van der Waals surface area contributed by atoms with Crippen LogP contribution in [0.1, 0.15) is 16.7 Å². The fourth-order valence-corrected chi connectivity index (χ4v) is 7.02. The van der Waals surface area contributed by atoms with Crippen LogP contribution >= 0.6 is 19.2 Å². The zero-order valence-corrected chi connectivity index (χ0v) is 19.3. The van der Waals surface area contributed by atoms with Gasteiger partial charge in [-0.25, -0.2) is 0 Å². The van der Waals surface area contributed by atoms with Gasteiger partial charge in [0.2, 0.25) is 0 Å². The molecule has 0 spiro atoms. The van der Waals surface area contributed by atoms with Crippen molar-refractivity contribution in [3.05, 3.63) is 107 Å². The summed E-state index contributed by atoms with van der Waals surface area (Å²) in [5, 5.41) is 1.09. The number of benzene rings is 3. The molecule has 3 aromatic carbocycles. The lowest BCUT2D eigenvalue weighted by atomic mass is 9.83. The number of rotatable bonds is 6. The summed E-state index contributed by atoms with van der Waals surface area (Å²) in [6, 6.07) is 23.2. The van der Waals surface area contributed by atoms with E-state index in [-0.39, 0.29) is 0 Å². The highest BCUT2D eigenvalue weighted by Crippen LogP contribution is 2.71. The number of H-pyrrole nitrogens is 2. The highest BCUT2D eigenvalue weighted by molar-refractivity contribution is 7.55. The lowest BCUT2D eigenvalue weighted by Gasteiger charge is -2.38. The molecule has 5 rings (SSSR count). The van der Waals surface area contributed by atoms with Crippen molar-refractivity contribution < 1.29 is 13.6 Å². The molecule has 5 nitrogen and oxygen atoms in total. The van der Waals surface area contributed by atoms with E-state index in [0.717, 1.165) is 32.9 Å². The highest BCUT2D eigenvalue weighted by Gasteiger charge is 2.56. The second kappa shape index (κ2) is 7.95. The van der Waals surface area contributed by atoms with Crippen molar-refractivity contribution in [2.75, 3.05) is 14.2 Å². The van der Waals surface area contributed by atoms with Gasteiger partial charge in [-0.05, 0) is 29.8 Å². The first-order valence-corrected chi connectivity index (χ1v) is 12.1. The molecule has 0 aliphatic heterocycles. The molecule has 0 saturated heterocycles. The van der Waals surface area contributed by atoms with E-state index in [2.05, 4.69) is 9.97 Å². The van der Waals surface area contributed by atoms with E-state index in [9.17, 15) is 4.57 Å². The molecule has 0 aliphatic rings. The molecule has 0 amide bonds. The molecule has 0 radical (unpaired) electrons. The number of hydrogen-bond donors (Lipinski definition) is 2. The maximum absolute atomic E-state index is 14.7. The van der Waals surface area contributed by atoms with Gasteiger partial charge in [0, 0.05) is 64.6 Å². The van der Waals surface area contributed by atoms with E-state index in [4.69, 9.17) is 20.6 Å². The molecule has 5 aromatic rings. The van der Waals surface area contributed by atoms with Crippen LogP contribution < -0.4 is 0 Å². The van der Waals surface area contributed by atoms with Gasteiger partial charge in [-0.15, -0.1) is 0 Å². The zero-order valence-electron chi connectivity index (χ0n) is 17.6. The monoisotopic (exact) mass is 464 g/mol. The summed E-state index contributed by atoms with van der Waals surface area (Å²) in [4.78, 5) is 6.67. The molecule has 2 aromatic heterocycles. The van der Waals surface area contributed by atoms with E-state index in [1.54, 1.807) is 6.07 Å². The van der Waals surface area contributed by atoms with Crippen molar-refractivity contribution in [2.24, 2.45) is 0 Å². The smallest absolute Gasteiger partial charge is 0.349 e. The average Bonchev–Trinajstić information content (AvgIpc) is 3.45. The Hall–Kier alpha value is -2.82. The minimum Gasteiger partial charge on any atom is -0.361 e. The summed E-state index contributed by atoms with van der Waals surface area (Å²) < 4.78 is 26.2. The van der Waals surface area contributed by atoms with Crippen molar-refractivity contribution in [3.8, 4) is 0 Å². The summed E-state index contributed by atoms with van der Waals surface area (Å²) >= 11 is 6.46. The summed E-state index contributed by atoms with van der Waals surface area (Å²) in [6.45, 7) is 0. The SMILES string of the molecule is COP(=O)(OC)C(c1cccc(Cl)c1)(c1c[nH]c2ccccc12)c1c[nH]c2ccccc12. The quantitative estimate of drug-likeness (QED) is 0.264. The maximum atomic E-state index is 14.7. The Kier molecular flexibility index (Phi) is 5.23. The topological polar surface area (TPSA) is 67.1 Å². The Bertz CT molecular complexity index is 1390. The zero-order chi connectivity index (χ0) is 22.3. The summed E-state index contributed by atoms with van der Waals surface area (Å²) in [7, 11) is -1.00. The maximum Gasteiger partial charge on any atom is 0.349 e.